The van der Waals surface area contributed by atoms with Crippen molar-refractivity contribution in [3.8, 4) is 11.5 Å². The first-order valence-electron chi connectivity index (χ1n) is 16.5. The molecule has 0 atom stereocenters. The number of aryl methyl sites for hydroxylation is 2. The molecule has 2 N–H and O–H groups in total. The number of phenols is 2. The molecular formula is C36H58O2S. The summed E-state index contributed by atoms with van der Waals surface area (Å²) in [6.07, 6.45) is 28.8. The van der Waals surface area contributed by atoms with Crippen molar-refractivity contribution in [1.82, 2.24) is 0 Å². The molecule has 0 unspecified atom stereocenters. The summed E-state index contributed by atoms with van der Waals surface area (Å²) in [5.74, 6) is 0.718. The molecule has 0 bridgehead atoms. The van der Waals surface area contributed by atoms with Gasteiger partial charge in [-0.2, -0.15) is 0 Å². The van der Waals surface area contributed by atoms with E-state index in [1.54, 1.807) is 11.8 Å². The second kappa shape index (κ2) is 22.1. The van der Waals surface area contributed by atoms with Crippen molar-refractivity contribution in [2.24, 2.45) is 0 Å². The van der Waals surface area contributed by atoms with E-state index in [2.05, 4.69) is 26.0 Å². The fourth-order valence-corrected chi connectivity index (χ4v) is 6.54. The molecule has 220 valence electrons. The van der Waals surface area contributed by atoms with Gasteiger partial charge in [-0.15, -0.1) is 0 Å². The van der Waals surface area contributed by atoms with Gasteiger partial charge in [0.05, 0.1) is 0 Å². The fourth-order valence-electron chi connectivity index (χ4n) is 5.45. The topological polar surface area (TPSA) is 40.5 Å². The lowest BCUT2D eigenvalue weighted by molar-refractivity contribution is 0.473. The quantitative estimate of drug-likeness (QED) is 0.127. The van der Waals surface area contributed by atoms with Crippen LogP contribution in [0.15, 0.2) is 46.2 Å². The summed E-state index contributed by atoms with van der Waals surface area (Å²) in [5.41, 5.74) is 2.50. The lowest BCUT2D eigenvalue weighted by Crippen LogP contribution is -1.93. The predicted octanol–water partition coefficient (Wildman–Crippen LogP) is 12.2. The van der Waals surface area contributed by atoms with Crippen LogP contribution in [0, 0.1) is 0 Å². The third kappa shape index (κ3) is 15.7. The van der Waals surface area contributed by atoms with Crippen LogP contribution in [0.1, 0.15) is 153 Å². The summed E-state index contributed by atoms with van der Waals surface area (Å²) in [6.45, 7) is 4.55. The number of rotatable bonds is 24. The minimum Gasteiger partial charge on any atom is -0.508 e. The molecular weight excluding hydrogens is 496 g/mol. The van der Waals surface area contributed by atoms with Gasteiger partial charge in [0.1, 0.15) is 11.5 Å². The number of hydrogen-bond donors (Lipinski definition) is 2. The van der Waals surface area contributed by atoms with Crippen LogP contribution < -0.4 is 0 Å². The molecule has 2 rings (SSSR count). The van der Waals surface area contributed by atoms with Crippen molar-refractivity contribution in [3.63, 3.8) is 0 Å². The number of phenolic OH excluding ortho intramolecular Hbond substituents is 2. The monoisotopic (exact) mass is 554 g/mol. The maximum Gasteiger partial charge on any atom is 0.115 e. The molecule has 0 radical (unpaired) electrons. The molecule has 0 aliphatic rings. The van der Waals surface area contributed by atoms with E-state index in [1.165, 1.54) is 149 Å². The maximum atomic E-state index is 10.2. The van der Waals surface area contributed by atoms with Gasteiger partial charge in [0.15, 0.2) is 0 Å². The Morgan fingerprint density at radius 2 is 0.744 bits per heavy atom. The van der Waals surface area contributed by atoms with Crippen LogP contribution >= 0.6 is 11.8 Å². The summed E-state index contributed by atoms with van der Waals surface area (Å²) < 4.78 is 0. The number of benzene rings is 2. The first-order valence-corrected chi connectivity index (χ1v) is 17.3. The Hall–Kier alpha value is -1.61. The van der Waals surface area contributed by atoms with Crippen LogP contribution in [0.2, 0.25) is 0 Å². The van der Waals surface area contributed by atoms with Gasteiger partial charge in [-0.3, -0.25) is 0 Å². The van der Waals surface area contributed by atoms with Crippen molar-refractivity contribution in [2.45, 2.75) is 165 Å². The molecule has 0 amide bonds. The SMILES string of the molecule is CCCCCCCCCCCCc1cc(O)ccc1Sc1ccc(O)cc1CCCCCCCCCCCC. The number of hydrogen-bond acceptors (Lipinski definition) is 3. The molecule has 2 aromatic rings. The van der Waals surface area contributed by atoms with E-state index in [4.69, 9.17) is 0 Å². The Labute approximate surface area is 245 Å². The molecule has 3 heteroatoms. The lowest BCUT2D eigenvalue weighted by atomic mass is 10.0. The van der Waals surface area contributed by atoms with Gasteiger partial charge in [0, 0.05) is 9.79 Å². The van der Waals surface area contributed by atoms with E-state index in [9.17, 15) is 10.2 Å². The van der Waals surface area contributed by atoms with E-state index in [1.807, 2.05) is 24.3 Å². The summed E-state index contributed by atoms with van der Waals surface area (Å²) in [6, 6.07) is 11.7. The highest BCUT2D eigenvalue weighted by Crippen LogP contribution is 2.37. The summed E-state index contributed by atoms with van der Waals surface area (Å²) in [4.78, 5) is 2.47. The first-order chi connectivity index (χ1) is 19.1. The van der Waals surface area contributed by atoms with Gasteiger partial charge in [-0.05, 0) is 73.2 Å². The molecule has 2 aromatic carbocycles. The van der Waals surface area contributed by atoms with Crippen LogP contribution in [0.3, 0.4) is 0 Å². The average molecular weight is 555 g/mol. The largest absolute Gasteiger partial charge is 0.508 e. The molecule has 0 spiro atoms. The van der Waals surface area contributed by atoms with Crippen LogP contribution in [0.4, 0.5) is 0 Å². The molecule has 0 saturated heterocycles. The predicted molar refractivity (Wildman–Crippen MR) is 171 cm³/mol. The Morgan fingerprint density at radius 1 is 0.436 bits per heavy atom. The van der Waals surface area contributed by atoms with E-state index in [0.717, 1.165) is 12.8 Å². The van der Waals surface area contributed by atoms with Crippen molar-refractivity contribution in [3.05, 3.63) is 47.5 Å². The van der Waals surface area contributed by atoms with Gasteiger partial charge < -0.3 is 10.2 Å². The second-order valence-corrected chi connectivity index (χ2v) is 12.6. The van der Waals surface area contributed by atoms with Gasteiger partial charge in [-0.1, -0.05) is 141 Å². The van der Waals surface area contributed by atoms with Crippen molar-refractivity contribution < 1.29 is 10.2 Å². The highest BCUT2D eigenvalue weighted by Gasteiger charge is 2.11. The Kier molecular flexibility index (Phi) is 19.1. The Bertz CT molecular complexity index is 807. The van der Waals surface area contributed by atoms with Crippen molar-refractivity contribution in [2.75, 3.05) is 0 Å². The lowest BCUT2D eigenvalue weighted by Gasteiger charge is -2.14. The molecule has 2 nitrogen and oxygen atoms in total. The third-order valence-corrected chi connectivity index (χ3v) is 9.14. The zero-order chi connectivity index (χ0) is 28.0. The highest BCUT2D eigenvalue weighted by atomic mass is 32.2. The standard InChI is InChI=1S/C36H58O2S/c1-3-5-7-9-11-13-15-17-19-21-23-31-29-33(37)25-27-35(31)39-36-28-26-34(38)30-32(36)24-22-20-18-16-14-12-10-8-6-4-2/h25-30,37-38H,3-24H2,1-2H3. The zero-order valence-corrected chi connectivity index (χ0v) is 26.1. The Balaban J connectivity index is 1.78. The van der Waals surface area contributed by atoms with Crippen LogP contribution in [-0.4, -0.2) is 10.2 Å². The molecule has 0 fully saturated rings. The van der Waals surface area contributed by atoms with E-state index in [0.29, 0.717) is 11.5 Å². The van der Waals surface area contributed by atoms with Crippen molar-refractivity contribution in [1.29, 1.82) is 0 Å². The Morgan fingerprint density at radius 3 is 1.08 bits per heavy atom. The number of unbranched alkanes of at least 4 members (excludes halogenated alkanes) is 18. The van der Waals surface area contributed by atoms with Crippen LogP contribution in [0.5, 0.6) is 11.5 Å². The average Bonchev–Trinajstić information content (AvgIpc) is 2.93. The second-order valence-electron chi connectivity index (χ2n) is 11.6. The summed E-state index contributed by atoms with van der Waals surface area (Å²) in [7, 11) is 0. The summed E-state index contributed by atoms with van der Waals surface area (Å²) in [5, 5.41) is 20.3. The van der Waals surface area contributed by atoms with E-state index in [-0.39, 0.29) is 0 Å². The molecule has 39 heavy (non-hydrogen) atoms. The minimum absolute atomic E-state index is 0.359. The number of aromatic hydroxyl groups is 2. The smallest absolute Gasteiger partial charge is 0.115 e. The minimum atomic E-state index is 0.359. The molecule has 0 aliphatic heterocycles. The highest BCUT2D eigenvalue weighted by molar-refractivity contribution is 7.99. The van der Waals surface area contributed by atoms with Gasteiger partial charge in [0.25, 0.3) is 0 Å². The normalized spacial score (nSPS) is 11.3. The van der Waals surface area contributed by atoms with Crippen LogP contribution in [0.25, 0.3) is 0 Å². The molecule has 0 heterocycles. The van der Waals surface area contributed by atoms with Gasteiger partial charge in [-0.25, -0.2) is 0 Å². The van der Waals surface area contributed by atoms with Gasteiger partial charge >= 0.3 is 0 Å². The third-order valence-electron chi connectivity index (χ3n) is 7.91. The summed E-state index contributed by atoms with van der Waals surface area (Å²) >= 11 is 1.80. The molecule has 0 aromatic heterocycles. The fraction of sp³-hybridized carbons (Fsp3) is 0.667. The zero-order valence-electron chi connectivity index (χ0n) is 25.3. The first kappa shape index (κ1) is 33.6. The van der Waals surface area contributed by atoms with Gasteiger partial charge in [0.2, 0.25) is 0 Å². The maximum absolute atomic E-state index is 10.2. The van der Waals surface area contributed by atoms with E-state index < -0.39 is 0 Å². The van der Waals surface area contributed by atoms with E-state index >= 15 is 0 Å². The molecule has 0 aliphatic carbocycles. The van der Waals surface area contributed by atoms with Crippen LogP contribution in [-0.2, 0) is 12.8 Å². The van der Waals surface area contributed by atoms with Crippen molar-refractivity contribution >= 4 is 11.8 Å². The molecule has 0 saturated carbocycles.